The van der Waals surface area contributed by atoms with Crippen LogP contribution in [0.4, 0.5) is 0 Å². The molecule has 1 aromatic heterocycles. The minimum atomic E-state index is -0.512. The zero-order chi connectivity index (χ0) is 14.2. The van der Waals surface area contributed by atoms with Gasteiger partial charge >= 0.3 is 0 Å². The molecule has 2 aromatic rings. The molecule has 2 heterocycles. The molecule has 0 radical (unpaired) electrons. The molecule has 1 amide bonds. The van der Waals surface area contributed by atoms with E-state index in [-0.39, 0.29) is 12.7 Å². The molecule has 5 nitrogen and oxygen atoms in total. The summed E-state index contributed by atoms with van der Waals surface area (Å²) in [5, 5.41) is 5.74. The number of ether oxygens (including phenoxy) is 2. The molecule has 1 aliphatic rings. The van der Waals surface area contributed by atoms with Crippen molar-refractivity contribution in [2.75, 3.05) is 6.79 Å². The molecular weight excluding hydrogens is 276 g/mol. The SMILES string of the molecule is CC(C)(NC(=O)c1ccc2c(c1)OCO2)c1nccs1. The summed E-state index contributed by atoms with van der Waals surface area (Å²) in [7, 11) is 0. The Labute approximate surface area is 120 Å². The summed E-state index contributed by atoms with van der Waals surface area (Å²) < 4.78 is 10.5. The van der Waals surface area contributed by atoms with Gasteiger partial charge in [-0.05, 0) is 32.0 Å². The molecule has 0 bridgehead atoms. The molecule has 1 aliphatic heterocycles. The highest BCUT2D eigenvalue weighted by molar-refractivity contribution is 7.09. The van der Waals surface area contributed by atoms with Gasteiger partial charge in [-0.1, -0.05) is 0 Å². The van der Waals surface area contributed by atoms with E-state index in [1.165, 1.54) is 11.3 Å². The maximum absolute atomic E-state index is 12.3. The van der Waals surface area contributed by atoms with Crippen LogP contribution in [-0.4, -0.2) is 17.7 Å². The zero-order valence-electron chi connectivity index (χ0n) is 11.2. The summed E-state index contributed by atoms with van der Waals surface area (Å²) in [6.07, 6.45) is 1.73. The average Bonchev–Trinajstić information content (AvgIpc) is 3.09. The van der Waals surface area contributed by atoms with Crippen LogP contribution >= 0.6 is 11.3 Å². The maximum atomic E-state index is 12.3. The van der Waals surface area contributed by atoms with E-state index in [2.05, 4.69) is 10.3 Å². The first kappa shape index (κ1) is 12.9. The van der Waals surface area contributed by atoms with Crippen molar-refractivity contribution in [1.82, 2.24) is 10.3 Å². The number of amides is 1. The van der Waals surface area contributed by atoms with E-state index >= 15 is 0 Å². The lowest BCUT2D eigenvalue weighted by atomic mass is 10.1. The van der Waals surface area contributed by atoms with Crippen molar-refractivity contribution >= 4 is 17.2 Å². The highest BCUT2D eigenvalue weighted by Gasteiger charge is 2.26. The lowest BCUT2D eigenvalue weighted by Crippen LogP contribution is -2.40. The number of carbonyl (C=O) groups excluding carboxylic acids is 1. The van der Waals surface area contributed by atoms with Gasteiger partial charge in [-0.25, -0.2) is 4.98 Å². The van der Waals surface area contributed by atoms with Gasteiger partial charge in [0.05, 0.1) is 5.54 Å². The number of hydrogen-bond acceptors (Lipinski definition) is 5. The fourth-order valence-electron chi connectivity index (χ4n) is 1.98. The summed E-state index contributed by atoms with van der Waals surface area (Å²) in [6.45, 7) is 4.05. The predicted molar refractivity (Wildman–Crippen MR) is 75.2 cm³/mol. The third kappa shape index (κ3) is 2.34. The normalized spacial score (nSPS) is 13.3. The van der Waals surface area contributed by atoms with Gasteiger partial charge in [0.15, 0.2) is 11.5 Å². The van der Waals surface area contributed by atoms with E-state index in [9.17, 15) is 4.79 Å². The Morgan fingerprint density at radius 2 is 2.15 bits per heavy atom. The summed E-state index contributed by atoms with van der Waals surface area (Å²) in [4.78, 5) is 16.6. The quantitative estimate of drug-likeness (QED) is 0.943. The lowest BCUT2D eigenvalue weighted by Gasteiger charge is -2.23. The second-order valence-electron chi connectivity index (χ2n) is 4.98. The summed E-state index contributed by atoms with van der Waals surface area (Å²) >= 11 is 1.52. The molecule has 104 valence electrons. The van der Waals surface area contributed by atoms with Gasteiger partial charge < -0.3 is 14.8 Å². The molecule has 1 N–H and O–H groups in total. The Morgan fingerprint density at radius 1 is 1.35 bits per heavy atom. The Balaban J connectivity index is 1.80. The molecule has 0 saturated carbocycles. The van der Waals surface area contributed by atoms with Gasteiger partial charge in [0, 0.05) is 17.1 Å². The number of fused-ring (bicyclic) bond motifs is 1. The molecular formula is C14H14N2O3S. The van der Waals surface area contributed by atoms with Crippen molar-refractivity contribution in [2.24, 2.45) is 0 Å². The Bertz CT molecular complexity index is 638. The number of hydrogen-bond donors (Lipinski definition) is 1. The van der Waals surface area contributed by atoms with Gasteiger partial charge in [0.1, 0.15) is 5.01 Å². The van der Waals surface area contributed by atoms with E-state index in [1.807, 2.05) is 19.2 Å². The van der Waals surface area contributed by atoms with Crippen molar-refractivity contribution < 1.29 is 14.3 Å². The van der Waals surface area contributed by atoms with Crippen LogP contribution in [0.25, 0.3) is 0 Å². The summed E-state index contributed by atoms with van der Waals surface area (Å²) in [6, 6.07) is 5.16. The third-order valence-electron chi connectivity index (χ3n) is 3.03. The lowest BCUT2D eigenvalue weighted by molar-refractivity contribution is 0.0911. The minimum Gasteiger partial charge on any atom is -0.454 e. The second kappa shape index (κ2) is 4.79. The number of thiazole rings is 1. The number of nitrogens with zero attached hydrogens (tertiary/aromatic N) is 1. The number of benzene rings is 1. The van der Waals surface area contributed by atoms with Gasteiger partial charge in [-0.15, -0.1) is 11.3 Å². The number of carbonyl (C=O) groups is 1. The fourth-order valence-corrected chi connectivity index (χ4v) is 2.70. The standard InChI is InChI=1S/C14H14N2O3S/c1-14(2,13-15-5-6-20-13)16-12(17)9-3-4-10-11(7-9)19-8-18-10/h3-7H,8H2,1-2H3,(H,16,17). The predicted octanol–water partition coefficient (Wildman–Crippen LogP) is 2.54. The van der Waals surface area contributed by atoms with Crippen LogP contribution in [0.1, 0.15) is 29.2 Å². The third-order valence-corrected chi connectivity index (χ3v) is 4.12. The average molecular weight is 290 g/mol. The van der Waals surface area contributed by atoms with Crippen LogP contribution in [0.3, 0.4) is 0 Å². The van der Waals surface area contributed by atoms with E-state index in [0.29, 0.717) is 17.1 Å². The van der Waals surface area contributed by atoms with Crippen molar-refractivity contribution in [2.45, 2.75) is 19.4 Å². The van der Waals surface area contributed by atoms with Crippen molar-refractivity contribution in [3.63, 3.8) is 0 Å². The minimum absolute atomic E-state index is 0.163. The Kier molecular flexibility index (Phi) is 3.10. The molecule has 0 aliphatic carbocycles. The van der Waals surface area contributed by atoms with Crippen molar-refractivity contribution in [3.05, 3.63) is 40.3 Å². The van der Waals surface area contributed by atoms with Crippen LogP contribution in [-0.2, 0) is 5.54 Å². The van der Waals surface area contributed by atoms with Crippen LogP contribution in [0, 0.1) is 0 Å². The van der Waals surface area contributed by atoms with Crippen molar-refractivity contribution in [3.8, 4) is 11.5 Å². The molecule has 20 heavy (non-hydrogen) atoms. The molecule has 0 spiro atoms. The van der Waals surface area contributed by atoms with Crippen LogP contribution in [0.2, 0.25) is 0 Å². The molecule has 0 saturated heterocycles. The fraction of sp³-hybridized carbons (Fsp3) is 0.286. The van der Waals surface area contributed by atoms with E-state index in [1.54, 1.807) is 24.4 Å². The molecule has 0 atom stereocenters. The summed E-state index contributed by atoms with van der Waals surface area (Å²) in [5.74, 6) is 1.11. The highest BCUT2D eigenvalue weighted by atomic mass is 32.1. The van der Waals surface area contributed by atoms with E-state index < -0.39 is 5.54 Å². The number of nitrogens with one attached hydrogen (secondary N) is 1. The zero-order valence-corrected chi connectivity index (χ0v) is 12.0. The molecule has 0 unspecified atom stereocenters. The molecule has 3 rings (SSSR count). The topological polar surface area (TPSA) is 60.5 Å². The molecule has 0 fully saturated rings. The smallest absolute Gasteiger partial charge is 0.252 e. The Morgan fingerprint density at radius 3 is 2.90 bits per heavy atom. The first-order chi connectivity index (χ1) is 9.56. The van der Waals surface area contributed by atoms with Crippen molar-refractivity contribution in [1.29, 1.82) is 0 Å². The number of rotatable bonds is 3. The first-order valence-electron chi connectivity index (χ1n) is 6.18. The van der Waals surface area contributed by atoms with Crippen LogP contribution < -0.4 is 14.8 Å². The Hall–Kier alpha value is -2.08. The van der Waals surface area contributed by atoms with Gasteiger partial charge in [0.25, 0.3) is 5.91 Å². The van der Waals surface area contributed by atoms with Crippen LogP contribution in [0.5, 0.6) is 11.5 Å². The maximum Gasteiger partial charge on any atom is 0.252 e. The van der Waals surface area contributed by atoms with Gasteiger partial charge in [0.2, 0.25) is 6.79 Å². The van der Waals surface area contributed by atoms with Gasteiger partial charge in [-0.3, -0.25) is 4.79 Å². The number of aromatic nitrogens is 1. The van der Waals surface area contributed by atoms with Gasteiger partial charge in [-0.2, -0.15) is 0 Å². The summed E-state index contributed by atoms with van der Waals surface area (Å²) in [5.41, 5.74) is 0.0284. The monoisotopic (exact) mass is 290 g/mol. The van der Waals surface area contributed by atoms with E-state index in [4.69, 9.17) is 9.47 Å². The first-order valence-corrected chi connectivity index (χ1v) is 7.06. The van der Waals surface area contributed by atoms with E-state index in [0.717, 1.165) is 5.01 Å². The largest absolute Gasteiger partial charge is 0.454 e. The second-order valence-corrected chi connectivity index (χ2v) is 5.88. The van der Waals surface area contributed by atoms with Crippen LogP contribution in [0.15, 0.2) is 29.8 Å². The molecule has 1 aromatic carbocycles. The highest BCUT2D eigenvalue weighted by Crippen LogP contribution is 2.32. The molecule has 6 heteroatoms.